The van der Waals surface area contributed by atoms with E-state index in [0.717, 1.165) is 6.42 Å². The molecule has 1 aromatic heterocycles. The Labute approximate surface area is 128 Å². The first kappa shape index (κ1) is 19.4. The second-order valence-corrected chi connectivity index (χ2v) is 4.73. The SMILES string of the molecule is CC(C)Cc1[c-]nc(CC(C)C)c([O-])n1.[Li+].[Li+]. The van der Waals surface area contributed by atoms with Crippen molar-refractivity contribution in [3.8, 4) is 5.88 Å². The average Bonchev–Trinajstić information content (AvgIpc) is 2.08. The summed E-state index contributed by atoms with van der Waals surface area (Å²) >= 11 is 0. The molecule has 0 N–H and O–H groups in total. The summed E-state index contributed by atoms with van der Waals surface area (Å²) in [6.07, 6.45) is 4.31. The Morgan fingerprint density at radius 1 is 1.06 bits per heavy atom. The van der Waals surface area contributed by atoms with Gasteiger partial charge in [-0.25, -0.2) is 0 Å². The van der Waals surface area contributed by atoms with Gasteiger partial charge in [-0.2, -0.15) is 0 Å². The third-order valence-corrected chi connectivity index (χ3v) is 2.01. The molecule has 0 saturated carbocycles. The third kappa shape index (κ3) is 7.17. The largest absolute Gasteiger partial charge is 1.00 e. The summed E-state index contributed by atoms with van der Waals surface area (Å²) in [7, 11) is 0. The number of hydrogen-bond donors (Lipinski definition) is 0. The van der Waals surface area contributed by atoms with Crippen molar-refractivity contribution in [1.29, 1.82) is 0 Å². The van der Waals surface area contributed by atoms with E-state index in [9.17, 15) is 5.11 Å². The maximum Gasteiger partial charge on any atom is 1.00 e. The van der Waals surface area contributed by atoms with Crippen LogP contribution in [-0.4, -0.2) is 9.97 Å². The van der Waals surface area contributed by atoms with Gasteiger partial charge >= 0.3 is 37.7 Å². The van der Waals surface area contributed by atoms with Gasteiger partial charge in [-0.3, -0.25) is 0 Å². The van der Waals surface area contributed by atoms with E-state index < -0.39 is 0 Å². The maximum atomic E-state index is 11.6. The van der Waals surface area contributed by atoms with Crippen LogP contribution in [0.1, 0.15) is 39.1 Å². The van der Waals surface area contributed by atoms with Crippen LogP contribution in [0.25, 0.3) is 0 Å². The van der Waals surface area contributed by atoms with Gasteiger partial charge in [0.2, 0.25) is 0 Å². The van der Waals surface area contributed by atoms with E-state index in [4.69, 9.17) is 0 Å². The zero-order chi connectivity index (χ0) is 11.4. The molecule has 0 aromatic carbocycles. The Balaban J connectivity index is 0. The third-order valence-electron chi connectivity index (χ3n) is 2.01. The molecule has 0 radical (unpaired) electrons. The van der Waals surface area contributed by atoms with Crippen molar-refractivity contribution < 1.29 is 42.8 Å². The first-order valence-electron chi connectivity index (χ1n) is 5.43. The predicted octanol–water partition coefficient (Wildman–Crippen LogP) is -4.24. The predicted molar refractivity (Wildman–Crippen MR) is 57.4 cm³/mol. The molecule has 5 heteroatoms. The molecule has 1 aromatic rings. The van der Waals surface area contributed by atoms with Crippen molar-refractivity contribution in [2.45, 2.75) is 40.5 Å². The number of hydrogen-bond acceptors (Lipinski definition) is 3. The molecule has 1 rings (SSSR count). The summed E-state index contributed by atoms with van der Waals surface area (Å²) < 4.78 is 0. The Hall–Kier alpha value is 0.0748. The van der Waals surface area contributed by atoms with Crippen LogP contribution in [0.3, 0.4) is 0 Å². The van der Waals surface area contributed by atoms with Crippen molar-refractivity contribution in [2.24, 2.45) is 11.8 Å². The topological polar surface area (TPSA) is 48.8 Å². The molecule has 0 unspecified atom stereocenters. The summed E-state index contributed by atoms with van der Waals surface area (Å²) in [4.78, 5) is 8.06. The molecular formula is C12H18Li2N2O. The van der Waals surface area contributed by atoms with E-state index in [2.05, 4.69) is 43.9 Å². The zero-order valence-electron chi connectivity index (χ0n) is 11.9. The summed E-state index contributed by atoms with van der Waals surface area (Å²) in [5.74, 6) is 0.723. The van der Waals surface area contributed by atoms with Crippen LogP contribution in [0.2, 0.25) is 0 Å². The van der Waals surface area contributed by atoms with E-state index in [1.54, 1.807) is 0 Å². The molecular weight excluding hydrogens is 202 g/mol. The van der Waals surface area contributed by atoms with Gasteiger partial charge in [-0.15, -0.1) is 11.9 Å². The van der Waals surface area contributed by atoms with Gasteiger partial charge < -0.3 is 15.1 Å². The van der Waals surface area contributed by atoms with Crippen LogP contribution in [-0.2, 0) is 12.8 Å². The van der Waals surface area contributed by atoms with E-state index in [-0.39, 0.29) is 43.6 Å². The smallest absolute Gasteiger partial charge is 0.871 e. The molecule has 0 fully saturated rings. The maximum absolute atomic E-state index is 11.6. The Kier molecular flexibility index (Phi) is 10.4. The standard InChI is InChI=1S/C12H19N2O.2Li/c1-8(2)5-10-7-13-11(6-9(3)4)12(15)14-10;;/h8-9H,5-6H2,1-4H3,(H,14,15);;/q-1;2*+1/p-1. The first-order chi connectivity index (χ1) is 6.99. The molecule has 3 nitrogen and oxygen atoms in total. The fraction of sp³-hybridized carbons (Fsp3) is 0.667. The minimum absolute atomic E-state index is 0. The van der Waals surface area contributed by atoms with Gasteiger partial charge in [-0.1, -0.05) is 45.9 Å². The van der Waals surface area contributed by atoms with Crippen LogP contribution >= 0.6 is 0 Å². The minimum atomic E-state index is -0.182. The van der Waals surface area contributed by atoms with Crippen LogP contribution < -0.4 is 42.8 Å². The van der Waals surface area contributed by atoms with Crippen LogP contribution in [0.4, 0.5) is 0 Å². The molecule has 1 heterocycles. The fourth-order valence-electron chi connectivity index (χ4n) is 1.39. The van der Waals surface area contributed by atoms with Crippen molar-refractivity contribution in [3.05, 3.63) is 17.6 Å². The van der Waals surface area contributed by atoms with Crippen molar-refractivity contribution in [1.82, 2.24) is 9.97 Å². The van der Waals surface area contributed by atoms with Crippen LogP contribution in [0, 0.1) is 18.0 Å². The second kappa shape index (κ2) is 9.06. The molecule has 0 aliphatic heterocycles. The van der Waals surface area contributed by atoms with Gasteiger partial charge in [0.15, 0.2) is 0 Å². The normalized spacial score (nSPS) is 10.0. The summed E-state index contributed by atoms with van der Waals surface area (Å²) in [5.41, 5.74) is 1.22. The van der Waals surface area contributed by atoms with Gasteiger partial charge in [-0.05, 0) is 18.0 Å². The number of rotatable bonds is 4. The quantitative estimate of drug-likeness (QED) is 0.381. The van der Waals surface area contributed by atoms with Crippen molar-refractivity contribution >= 4 is 0 Å². The second-order valence-electron chi connectivity index (χ2n) is 4.73. The average molecular weight is 220 g/mol. The molecule has 0 aliphatic carbocycles. The Bertz CT molecular complexity index is 330. The van der Waals surface area contributed by atoms with E-state index in [1.165, 1.54) is 0 Å². The molecule has 0 atom stereocenters. The summed E-state index contributed by atoms with van der Waals surface area (Å²) in [6.45, 7) is 8.29. The van der Waals surface area contributed by atoms with E-state index >= 15 is 0 Å². The van der Waals surface area contributed by atoms with Crippen LogP contribution in [0.5, 0.6) is 5.88 Å². The van der Waals surface area contributed by atoms with Gasteiger partial charge in [0.25, 0.3) is 0 Å². The van der Waals surface area contributed by atoms with Gasteiger partial charge in [0.05, 0.1) is 0 Å². The molecule has 0 aliphatic rings. The monoisotopic (exact) mass is 220 g/mol. The molecule has 0 saturated heterocycles. The first-order valence-corrected chi connectivity index (χ1v) is 5.43. The molecule has 0 amide bonds. The van der Waals surface area contributed by atoms with Gasteiger partial charge in [0.1, 0.15) is 0 Å². The van der Waals surface area contributed by atoms with Crippen molar-refractivity contribution in [3.63, 3.8) is 0 Å². The number of nitrogens with zero attached hydrogens (tertiary/aromatic N) is 2. The van der Waals surface area contributed by atoms with Crippen LogP contribution in [0.15, 0.2) is 0 Å². The number of aromatic nitrogens is 2. The Morgan fingerprint density at radius 3 is 2.00 bits per heavy atom. The van der Waals surface area contributed by atoms with E-state index in [1.807, 2.05) is 0 Å². The summed E-state index contributed by atoms with van der Waals surface area (Å²) in [6, 6.07) is 0. The van der Waals surface area contributed by atoms with Crippen molar-refractivity contribution in [2.75, 3.05) is 0 Å². The fourth-order valence-corrected chi connectivity index (χ4v) is 1.39. The van der Waals surface area contributed by atoms with Gasteiger partial charge in [0, 0.05) is 0 Å². The summed E-state index contributed by atoms with van der Waals surface area (Å²) in [5, 5.41) is 11.6. The Morgan fingerprint density at radius 2 is 1.59 bits per heavy atom. The molecule has 0 bridgehead atoms. The zero-order valence-corrected chi connectivity index (χ0v) is 11.9. The molecule has 84 valence electrons. The molecule has 17 heavy (non-hydrogen) atoms. The minimum Gasteiger partial charge on any atom is -0.871 e. The van der Waals surface area contributed by atoms with E-state index in [0.29, 0.717) is 29.6 Å². The molecule has 0 spiro atoms.